The van der Waals surface area contributed by atoms with Crippen LogP contribution in [-0.2, 0) is 11.3 Å². The van der Waals surface area contributed by atoms with Gasteiger partial charge >= 0.3 is 0 Å². The Morgan fingerprint density at radius 2 is 1.94 bits per heavy atom. The molecule has 94 valence electrons. The minimum absolute atomic E-state index is 0.157. The zero-order chi connectivity index (χ0) is 12.7. The average molecular weight is 252 g/mol. The van der Waals surface area contributed by atoms with Crippen LogP contribution in [0.25, 0.3) is 0 Å². The number of ether oxygens (including phenoxy) is 1. The Morgan fingerprint density at radius 3 is 2.53 bits per heavy atom. The maximum atomic E-state index is 5.24. The van der Waals surface area contributed by atoms with Crippen molar-refractivity contribution in [3.05, 3.63) is 35.9 Å². The highest BCUT2D eigenvalue weighted by atomic mass is 32.1. The van der Waals surface area contributed by atoms with Gasteiger partial charge in [-0.2, -0.15) is 0 Å². The van der Waals surface area contributed by atoms with Crippen molar-refractivity contribution in [1.82, 2.24) is 10.6 Å². The highest BCUT2D eigenvalue weighted by Gasteiger charge is 2.17. The molecule has 3 nitrogen and oxygen atoms in total. The molecule has 0 amide bonds. The van der Waals surface area contributed by atoms with Gasteiger partial charge < -0.3 is 15.4 Å². The molecule has 0 aromatic heterocycles. The number of hydrogen-bond acceptors (Lipinski definition) is 2. The molecular weight excluding hydrogens is 232 g/mol. The monoisotopic (exact) mass is 252 g/mol. The predicted molar refractivity (Wildman–Crippen MR) is 75.0 cm³/mol. The van der Waals surface area contributed by atoms with Gasteiger partial charge in [0, 0.05) is 13.7 Å². The molecule has 0 saturated heterocycles. The highest BCUT2D eigenvalue weighted by Crippen LogP contribution is 2.02. The summed E-state index contributed by atoms with van der Waals surface area (Å²) in [6, 6.07) is 10.2. The van der Waals surface area contributed by atoms with Gasteiger partial charge in [0.15, 0.2) is 5.11 Å². The molecule has 2 N–H and O–H groups in total. The molecule has 0 heterocycles. The quantitative estimate of drug-likeness (QED) is 0.786. The maximum absolute atomic E-state index is 5.24. The van der Waals surface area contributed by atoms with Crippen molar-refractivity contribution in [1.29, 1.82) is 0 Å². The molecule has 0 atom stereocenters. The zero-order valence-corrected chi connectivity index (χ0v) is 11.4. The Labute approximate surface area is 109 Å². The summed E-state index contributed by atoms with van der Waals surface area (Å²) in [5, 5.41) is 7.05. The summed E-state index contributed by atoms with van der Waals surface area (Å²) in [6.07, 6.45) is 0. The number of thiocarbonyl (C=S) groups is 1. The van der Waals surface area contributed by atoms with E-state index in [9.17, 15) is 0 Å². The first kappa shape index (κ1) is 13.9. The van der Waals surface area contributed by atoms with Gasteiger partial charge in [0.1, 0.15) is 0 Å². The first-order chi connectivity index (χ1) is 8.03. The van der Waals surface area contributed by atoms with Gasteiger partial charge in [-0.15, -0.1) is 0 Å². The number of methoxy groups -OCH3 is 1. The molecule has 1 rings (SSSR count). The van der Waals surface area contributed by atoms with Gasteiger partial charge in [0.2, 0.25) is 0 Å². The van der Waals surface area contributed by atoms with Crippen LogP contribution in [0.3, 0.4) is 0 Å². The molecule has 0 bridgehead atoms. The lowest BCUT2D eigenvalue weighted by atomic mass is 10.1. The smallest absolute Gasteiger partial charge is 0.167 e. The second-order valence-corrected chi connectivity index (χ2v) is 5.02. The third kappa shape index (κ3) is 5.65. The molecule has 1 aromatic rings. The summed E-state index contributed by atoms with van der Waals surface area (Å²) in [7, 11) is 1.68. The zero-order valence-electron chi connectivity index (χ0n) is 10.6. The largest absolute Gasteiger partial charge is 0.382 e. The van der Waals surface area contributed by atoms with Gasteiger partial charge in [-0.1, -0.05) is 30.3 Å². The fourth-order valence-electron chi connectivity index (χ4n) is 1.53. The molecule has 0 aliphatic carbocycles. The fourth-order valence-corrected chi connectivity index (χ4v) is 1.88. The van der Waals surface area contributed by atoms with Gasteiger partial charge in [0.05, 0.1) is 12.1 Å². The molecule has 0 saturated carbocycles. The standard InChI is InChI=1S/C13H20N2OS/c1-13(2,10-16-3)15-12(17)14-9-11-7-5-4-6-8-11/h4-8H,9-10H2,1-3H3,(H2,14,15,17). The van der Waals surface area contributed by atoms with E-state index in [4.69, 9.17) is 17.0 Å². The van der Waals surface area contributed by atoms with E-state index in [2.05, 4.69) is 22.8 Å². The van der Waals surface area contributed by atoms with E-state index in [-0.39, 0.29) is 5.54 Å². The van der Waals surface area contributed by atoms with E-state index in [0.29, 0.717) is 11.7 Å². The Hall–Kier alpha value is -1.13. The third-order valence-corrected chi connectivity index (χ3v) is 2.50. The van der Waals surface area contributed by atoms with E-state index in [1.54, 1.807) is 7.11 Å². The van der Waals surface area contributed by atoms with Crippen LogP contribution in [0.2, 0.25) is 0 Å². The number of benzene rings is 1. The van der Waals surface area contributed by atoms with Crippen LogP contribution < -0.4 is 10.6 Å². The summed E-state index contributed by atoms with van der Waals surface area (Å²) in [5.41, 5.74) is 1.05. The molecule has 0 radical (unpaired) electrons. The van der Waals surface area contributed by atoms with Gasteiger partial charge in [-0.05, 0) is 31.6 Å². The van der Waals surface area contributed by atoms with Crippen LogP contribution in [0.15, 0.2) is 30.3 Å². The summed E-state index contributed by atoms with van der Waals surface area (Å²) in [5.74, 6) is 0. The normalized spacial score (nSPS) is 11.0. The minimum atomic E-state index is -0.157. The van der Waals surface area contributed by atoms with Crippen molar-refractivity contribution in [3.63, 3.8) is 0 Å². The Balaban J connectivity index is 2.35. The fraction of sp³-hybridized carbons (Fsp3) is 0.462. The lowest BCUT2D eigenvalue weighted by molar-refractivity contribution is 0.139. The second-order valence-electron chi connectivity index (χ2n) is 4.61. The molecular formula is C13H20N2OS. The second kappa shape index (κ2) is 6.57. The van der Waals surface area contributed by atoms with E-state index in [1.165, 1.54) is 5.56 Å². The topological polar surface area (TPSA) is 33.3 Å². The van der Waals surface area contributed by atoms with Crippen LogP contribution in [-0.4, -0.2) is 24.4 Å². The number of hydrogen-bond donors (Lipinski definition) is 2. The molecule has 0 unspecified atom stereocenters. The van der Waals surface area contributed by atoms with Crippen molar-refractivity contribution in [2.75, 3.05) is 13.7 Å². The number of nitrogens with one attached hydrogen (secondary N) is 2. The highest BCUT2D eigenvalue weighted by molar-refractivity contribution is 7.80. The Kier molecular flexibility index (Phi) is 5.38. The molecule has 0 aliphatic rings. The Morgan fingerprint density at radius 1 is 1.29 bits per heavy atom. The van der Waals surface area contributed by atoms with Gasteiger partial charge in [-0.3, -0.25) is 0 Å². The van der Waals surface area contributed by atoms with E-state index >= 15 is 0 Å². The van der Waals surface area contributed by atoms with Gasteiger partial charge in [-0.25, -0.2) is 0 Å². The minimum Gasteiger partial charge on any atom is -0.382 e. The Bertz CT molecular complexity index is 352. The molecule has 0 fully saturated rings. The predicted octanol–water partition coefficient (Wildman–Crippen LogP) is 2.08. The molecule has 17 heavy (non-hydrogen) atoms. The average Bonchev–Trinajstić information content (AvgIpc) is 2.27. The van der Waals surface area contributed by atoms with Gasteiger partial charge in [0.25, 0.3) is 0 Å². The van der Waals surface area contributed by atoms with Crippen LogP contribution in [0.1, 0.15) is 19.4 Å². The summed E-state index contributed by atoms with van der Waals surface area (Å²) in [4.78, 5) is 0. The maximum Gasteiger partial charge on any atom is 0.167 e. The molecule has 0 aliphatic heterocycles. The first-order valence-electron chi connectivity index (χ1n) is 5.62. The van der Waals surface area contributed by atoms with Crippen molar-refractivity contribution in [2.24, 2.45) is 0 Å². The van der Waals surface area contributed by atoms with Crippen molar-refractivity contribution in [3.8, 4) is 0 Å². The summed E-state index contributed by atoms with van der Waals surface area (Å²) in [6.45, 7) is 5.44. The molecule has 4 heteroatoms. The lowest BCUT2D eigenvalue weighted by Gasteiger charge is -2.27. The van der Waals surface area contributed by atoms with Crippen LogP contribution >= 0.6 is 12.2 Å². The number of rotatable bonds is 5. The molecule has 0 spiro atoms. The van der Waals surface area contributed by atoms with Crippen LogP contribution in [0.4, 0.5) is 0 Å². The lowest BCUT2D eigenvalue weighted by Crippen LogP contribution is -2.50. The first-order valence-corrected chi connectivity index (χ1v) is 6.03. The van der Waals surface area contributed by atoms with Crippen LogP contribution in [0, 0.1) is 0 Å². The summed E-state index contributed by atoms with van der Waals surface area (Å²) < 4.78 is 5.12. The molecule has 1 aromatic carbocycles. The van der Waals surface area contributed by atoms with Crippen molar-refractivity contribution in [2.45, 2.75) is 25.9 Å². The van der Waals surface area contributed by atoms with E-state index in [0.717, 1.165) is 6.54 Å². The van der Waals surface area contributed by atoms with E-state index < -0.39 is 0 Å². The SMILES string of the molecule is COCC(C)(C)NC(=S)NCc1ccccc1. The van der Waals surface area contributed by atoms with E-state index in [1.807, 2.05) is 32.0 Å². The van der Waals surface area contributed by atoms with Crippen LogP contribution in [0.5, 0.6) is 0 Å². The van der Waals surface area contributed by atoms with Crippen molar-refractivity contribution < 1.29 is 4.74 Å². The third-order valence-electron chi connectivity index (χ3n) is 2.25. The van der Waals surface area contributed by atoms with Crippen molar-refractivity contribution >= 4 is 17.3 Å². The summed E-state index contributed by atoms with van der Waals surface area (Å²) >= 11 is 5.24.